The van der Waals surface area contributed by atoms with Crippen molar-refractivity contribution in [1.82, 2.24) is 9.78 Å². The SMILES string of the molecule is C#CC1CC(=O)N(c2ccnn2-c2ccccc2)C1. The van der Waals surface area contributed by atoms with Gasteiger partial charge in [-0.2, -0.15) is 5.10 Å². The Balaban J connectivity index is 1.98. The molecule has 0 N–H and O–H groups in total. The van der Waals surface area contributed by atoms with Gasteiger partial charge in [-0.15, -0.1) is 12.3 Å². The Bertz CT molecular complexity index is 639. The zero-order chi connectivity index (χ0) is 13.2. The summed E-state index contributed by atoms with van der Waals surface area (Å²) in [6.07, 6.45) is 7.52. The summed E-state index contributed by atoms with van der Waals surface area (Å²) >= 11 is 0. The van der Waals surface area contributed by atoms with Crippen LogP contribution in [0.25, 0.3) is 5.69 Å². The van der Waals surface area contributed by atoms with Gasteiger partial charge in [-0.1, -0.05) is 18.2 Å². The molecule has 94 valence electrons. The monoisotopic (exact) mass is 251 g/mol. The lowest BCUT2D eigenvalue weighted by atomic mass is 10.1. The van der Waals surface area contributed by atoms with E-state index in [-0.39, 0.29) is 11.8 Å². The minimum atomic E-state index is -0.00776. The molecule has 0 aliphatic carbocycles. The van der Waals surface area contributed by atoms with Crippen LogP contribution in [0.5, 0.6) is 0 Å². The molecule has 2 heterocycles. The van der Waals surface area contributed by atoms with Crippen LogP contribution in [0, 0.1) is 18.3 Å². The summed E-state index contributed by atoms with van der Waals surface area (Å²) in [7, 11) is 0. The first kappa shape index (κ1) is 11.5. The molecule has 1 aromatic heterocycles. The summed E-state index contributed by atoms with van der Waals surface area (Å²) in [5, 5.41) is 4.29. The Hall–Kier alpha value is -2.54. The molecule has 4 nitrogen and oxygen atoms in total. The molecule has 1 saturated heterocycles. The van der Waals surface area contributed by atoms with E-state index in [2.05, 4.69) is 11.0 Å². The fraction of sp³-hybridized carbons (Fsp3) is 0.200. The van der Waals surface area contributed by atoms with Gasteiger partial charge >= 0.3 is 0 Å². The smallest absolute Gasteiger partial charge is 0.229 e. The number of amides is 1. The maximum absolute atomic E-state index is 12.0. The molecule has 3 rings (SSSR count). The van der Waals surface area contributed by atoms with Crippen molar-refractivity contribution in [3.8, 4) is 18.0 Å². The predicted octanol–water partition coefficient (Wildman–Crippen LogP) is 1.86. The lowest BCUT2D eigenvalue weighted by molar-refractivity contribution is -0.117. The average molecular weight is 251 g/mol. The number of hydrogen-bond acceptors (Lipinski definition) is 2. The molecule has 1 aliphatic heterocycles. The van der Waals surface area contributed by atoms with E-state index < -0.39 is 0 Å². The third kappa shape index (κ3) is 2.00. The Labute approximate surface area is 111 Å². The highest BCUT2D eigenvalue weighted by Gasteiger charge is 2.31. The van der Waals surface area contributed by atoms with Crippen LogP contribution >= 0.6 is 0 Å². The predicted molar refractivity (Wildman–Crippen MR) is 72.9 cm³/mol. The van der Waals surface area contributed by atoms with Gasteiger partial charge < -0.3 is 0 Å². The van der Waals surface area contributed by atoms with Crippen LogP contribution in [-0.4, -0.2) is 22.2 Å². The van der Waals surface area contributed by atoms with E-state index in [1.807, 2.05) is 36.4 Å². The molecule has 1 atom stereocenters. The van der Waals surface area contributed by atoms with Crippen molar-refractivity contribution in [3.63, 3.8) is 0 Å². The number of aromatic nitrogens is 2. The molecule has 0 spiro atoms. The highest BCUT2D eigenvalue weighted by molar-refractivity contribution is 5.95. The number of hydrogen-bond donors (Lipinski definition) is 0. The van der Waals surface area contributed by atoms with Gasteiger partial charge in [-0.3, -0.25) is 9.69 Å². The van der Waals surface area contributed by atoms with Crippen molar-refractivity contribution >= 4 is 11.7 Å². The van der Waals surface area contributed by atoms with Crippen LogP contribution in [0.15, 0.2) is 42.6 Å². The fourth-order valence-electron chi connectivity index (χ4n) is 2.31. The summed E-state index contributed by atoms with van der Waals surface area (Å²) in [5.41, 5.74) is 0.930. The summed E-state index contributed by atoms with van der Waals surface area (Å²) in [5.74, 6) is 3.47. The number of rotatable bonds is 2. The zero-order valence-corrected chi connectivity index (χ0v) is 10.4. The first-order chi connectivity index (χ1) is 9.29. The van der Waals surface area contributed by atoms with E-state index in [9.17, 15) is 4.79 Å². The number of para-hydroxylation sites is 1. The molecule has 0 radical (unpaired) electrons. The van der Waals surface area contributed by atoms with E-state index in [1.54, 1.807) is 15.8 Å². The molecule has 19 heavy (non-hydrogen) atoms. The van der Waals surface area contributed by atoms with Gasteiger partial charge in [0.25, 0.3) is 0 Å². The van der Waals surface area contributed by atoms with Crippen LogP contribution < -0.4 is 4.90 Å². The third-order valence-electron chi connectivity index (χ3n) is 3.26. The van der Waals surface area contributed by atoms with Crippen molar-refractivity contribution < 1.29 is 4.79 Å². The van der Waals surface area contributed by atoms with Crippen LogP contribution in [-0.2, 0) is 4.79 Å². The molecule has 1 fully saturated rings. The van der Waals surface area contributed by atoms with E-state index >= 15 is 0 Å². The Morgan fingerprint density at radius 1 is 1.26 bits per heavy atom. The standard InChI is InChI=1S/C15H13N3O/c1-2-12-10-15(19)17(11-12)14-8-9-16-18(14)13-6-4-3-5-7-13/h1,3-9,12H,10-11H2. The number of benzene rings is 1. The summed E-state index contributed by atoms with van der Waals surface area (Å²) < 4.78 is 1.76. The van der Waals surface area contributed by atoms with Gasteiger partial charge in [-0.05, 0) is 12.1 Å². The summed E-state index contributed by atoms with van der Waals surface area (Å²) in [4.78, 5) is 13.7. The molecule has 2 aromatic rings. The quantitative estimate of drug-likeness (QED) is 0.764. The van der Waals surface area contributed by atoms with E-state index in [4.69, 9.17) is 6.42 Å². The molecule has 0 bridgehead atoms. The van der Waals surface area contributed by atoms with Crippen LogP contribution in [0.2, 0.25) is 0 Å². The average Bonchev–Trinajstić information content (AvgIpc) is 3.05. The lowest BCUT2D eigenvalue weighted by Gasteiger charge is -2.17. The number of carbonyl (C=O) groups is 1. The first-order valence-electron chi connectivity index (χ1n) is 6.15. The molecule has 1 aliphatic rings. The maximum Gasteiger partial charge on any atom is 0.229 e. The van der Waals surface area contributed by atoms with E-state index in [0.29, 0.717) is 13.0 Å². The largest absolute Gasteiger partial charge is 0.295 e. The van der Waals surface area contributed by atoms with Gasteiger partial charge in [0.05, 0.1) is 11.9 Å². The second-order valence-electron chi connectivity index (χ2n) is 4.51. The Kier molecular flexibility index (Phi) is 2.81. The second-order valence-corrected chi connectivity index (χ2v) is 4.51. The van der Waals surface area contributed by atoms with Gasteiger partial charge in [0.15, 0.2) is 0 Å². The molecular formula is C15H13N3O. The number of nitrogens with zero attached hydrogens (tertiary/aromatic N) is 3. The Morgan fingerprint density at radius 3 is 2.74 bits per heavy atom. The highest BCUT2D eigenvalue weighted by Crippen LogP contribution is 2.26. The molecule has 0 saturated carbocycles. The number of terminal acetylenes is 1. The van der Waals surface area contributed by atoms with E-state index in [0.717, 1.165) is 11.5 Å². The van der Waals surface area contributed by atoms with Gasteiger partial charge in [0.2, 0.25) is 5.91 Å². The van der Waals surface area contributed by atoms with Crippen LogP contribution in [0.1, 0.15) is 6.42 Å². The topological polar surface area (TPSA) is 38.1 Å². The second kappa shape index (κ2) is 4.62. The van der Waals surface area contributed by atoms with Crippen molar-refractivity contribution in [2.75, 3.05) is 11.4 Å². The van der Waals surface area contributed by atoms with Gasteiger partial charge in [-0.25, -0.2) is 4.68 Å². The molecule has 1 unspecified atom stereocenters. The van der Waals surface area contributed by atoms with E-state index in [1.165, 1.54) is 0 Å². The molecule has 1 amide bonds. The van der Waals surface area contributed by atoms with Crippen LogP contribution in [0.3, 0.4) is 0 Å². The Morgan fingerprint density at radius 2 is 2.05 bits per heavy atom. The van der Waals surface area contributed by atoms with Gasteiger partial charge in [0, 0.05) is 24.9 Å². The maximum atomic E-state index is 12.0. The zero-order valence-electron chi connectivity index (χ0n) is 10.4. The highest BCUT2D eigenvalue weighted by atomic mass is 16.2. The van der Waals surface area contributed by atoms with Crippen molar-refractivity contribution in [2.24, 2.45) is 5.92 Å². The van der Waals surface area contributed by atoms with Crippen molar-refractivity contribution in [2.45, 2.75) is 6.42 Å². The fourth-order valence-corrected chi connectivity index (χ4v) is 2.31. The third-order valence-corrected chi connectivity index (χ3v) is 3.26. The molecule has 4 heteroatoms. The normalized spacial score (nSPS) is 18.6. The molecular weight excluding hydrogens is 238 g/mol. The van der Waals surface area contributed by atoms with Gasteiger partial charge in [0.1, 0.15) is 5.82 Å². The van der Waals surface area contributed by atoms with Crippen LogP contribution in [0.4, 0.5) is 5.82 Å². The van der Waals surface area contributed by atoms with Crippen molar-refractivity contribution in [3.05, 3.63) is 42.6 Å². The first-order valence-corrected chi connectivity index (χ1v) is 6.15. The summed E-state index contributed by atoms with van der Waals surface area (Å²) in [6.45, 7) is 0.563. The minimum absolute atomic E-state index is 0.00776. The number of anilines is 1. The van der Waals surface area contributed by atoms with Crippen molar-refractivity contribution in [1.29, 1.82) is 0 Å². The lowest BCUT2D eigenvalue weighted by Crippen LogP contribution is -2.26. The summed E-state index contributed by atoms with van der Waals surface area (Å²) in [6, 6.07) is 11.6. The molecule has 1 aromatic carbocycles. The minimum Gasteiger partial charge on any atom is -0.295 e. The number of carbonyl (C=O) groups excluding carboxylic acids is 1.